The Bertz CT molecular complexity index is 652. The number of hydrogen-bond acceptors (Lipinski definition) is 4. The summed E-state index contributed by atoms with van der Waals surface area (Å²) in [6.07, 6.45) is 1.83. The van der Waals surface area contributed by atoms with Gasteiger partial charge in [-0.3, -0.25) is 14.7 Å². The molecule has 0 bridgehead atoms. The van der Waals surface area contributed by atoms with Gasteiger partial charge in [0, 0.05) is 43.8 Å². The Kier molecular flexibility index (Phi) is 5.88. The van der Waals surface area contributed by atoms with E-state index >= 15 is 0 Å². The quantitative estimate of drug-likeness (QED) is 0.784. The third kappa shape index (κ3) is 4.82. The number of piperazine rings is 1. The van der Waals surface area contributed by atoms with Crippen molar-refractivity contribution < 1.29 is 4.79 Å². The van der Waals surface area contributed by atoms with Crippen molar-refractivity contribution in [3.05, 3.63) is 59.9 Å². The molecule has 1 amide bonds. The molecule has 1 aliphatic heterocycles. The summed E-state index contributed by atoms with van der Waals surface area (Å²) < 4.78 is 0. The number of nitrogens with zero attached hydrogens (tertiary/aromatic N) is 3. The van der Waals surface area contributed by atoms with Crippen molar-refractivity contribution in [2.24, 2.45) is 0 Å². The first-order valence-corrected chi connectivity index (χ1v) is 9.29. The molecule has 1 fully saturated rings. The van der Waals surface area contributed by atoms with E-state index in [1.807, 2.05) is 23.2 Å². The minimum atomic E-state index is 0.234. The van der Waals surface area contributed by atoms with Crippen molar-refractivity contribution in [2.75, 3.05) is 31.9 Å². The third-order valence-corrected chi connectivity index (χ3v) is 5.22. The van der Waals surface area contributed by atoms with Crippen LogP contribution in [-0.2, 0) is 11.3 Å². The molecule has 2 heterocycles. The van der Waals surface area contributed by atoms with E-state index in [4.69, 9.17) is 0 Å². The first-order valence-electron chi connectivity index (χ1n) is 8.30. The molecule has 1 aromatic carbocycles. The number of amides is 1. The average Bonchev–Trinajstić information content (AvgIpc) is 2.62. The first-order chi connectivity index (χ1) is 11.7. The van der Waals surface area contributed by atoms with Crippen LogP contribution in [0.2, 0.25) is 0 Å². The molecule has 3 rings (SSSR count). The zero-order valence-electron chi connectivity index (χ0n) is 14.0. The van der Waals surface area contributed by atoms with Crippen LogP contribution in [0, 0.1) is 6.92 Å². The fourth-order valence-electron chi connectivity index (χ4n) is 2.75. The topological polar surface area (TPSA) is 36.4 Å². The summed E-state index contributed by atoms with van der Waals surface area (Å²) in [5.41, 5.74) is 2.34. The Morgan fingerprint density at radius 1 is 1.08 bits per heavy atom. The summed E-state index contributed by atoms with van der Waals surface area (Å²) in [6.45, 7) is 6.38. The molecule has 0 spiro atoms. The van der Waals surface area contributed by atoms with E-state index in [0.29, 0.717) is 5.75 Å². The molecule has 0 unspecified atom stereocenters. The van der Waals surface area contributed by atoms with Crippen molar-refractivity contribution in [3.63, 3.8) is 0 Å². The Morgan fingerprint density at radius 2 is 1.83 bits per heavy atom. The van der Waals surface area contributed by atoms with Crippen LogP contribution in [-0.4, -0.2) is 52.6 Å². The van der Waals surface area contributed by atoms with E-state index in [0.717, 1.165) is 43.3 Å². The molecule has 1 aliphatic rings. The number of rotatable bonds is 5. The lowest BCUT2D eigenvalue weighted by Gasteiger charge is -2.34. The van der Waals surface area contributed by atoms with E-state index in [2.05, 4.69) is 47.1 Å². The normalized spacial score (nSPS) is 15.5. The molecule has 5 heteroatoms. The second-order valence-electron chi connectivity index (χ2n) is 6.08. The minimum absolute atomic E-state index is 0.234. The lowest BCUT2D eigenvalue weighted by Crippen LogP contribution is -2.48. The standard InChI is InChI=1S/C19H23N3OS/c1-16-5-7-18(8-6-16)24-15-19(23)22-12-10-21(11-13-22)14-17-4-2-3-9-20-17/h2-9H,10-15H2,1H3. The Labute approximate surface area is 147 Å². The Morgan fingerprint density at radius 3 is 2.50 bits per heavy atom. The fraction of sp³-hybridized carbons (Fsp3) is 0.368. The number of thioether (sulfide) groups is 1. The Balaban J connectivity index is 1.42. The summed E-state index contributed by atoms with van der Waals surface area (Å²) in [5, 5.41) is 0. The van der Waals surface area contributed by atoms with Crippen LogP contribution >= 0.6 is 11.8 Å². The lowest BCUT2D eigenvalue weighted by molar-refractivity contribution is -0.130. The van der Waals surface area contributed by atoms with Gasteiger partial charge >= 0.3 is 0 Å². The predicted octanol–water partition coefficient (Wildman–Crippen LogP) is 2.83. The van der Waals surface area contributed by atoms with Crippen molar-refractivity contribution in [1.82, 2.24) is 14.8 Å². The third-order valence-electron chi connectivity index (χ3n) is 4.22. The molecule has 1 saturated heterocycles. The molecule has 0 aliphatic carbocycles. The lowest BCUT2D eigenvalue weighted by atomic mass is 10.2. The second kappa shape index (κ2) is 8.31. The molecule has 24 heavy (non-hydrogen) atoms. The van der Waals surface area contributed by atoms with Gasteiger partial charge in [0.25, 0.3) is 0 Å². The fourth-order valence-corrected chi connectivity index (χ4v) is 3.55. The number of carbonyl (C=O) groups excluding carboxylic acids is 1. The van der Waals surface area contributed by atoms with Gasteiger partial charge < -0.3 is 4.90 Å². The van der Waals surface area contributed by atoms with Crippen molar-refractivity contribution in [2.45, 2.75) is 18.4 Å². The van der Waals surface area contributed by atoms with Gasteiger partial charge in [-0.05, 0) is 31.2 Å². The van der Waals surface area contributed by atoms with Gasteiger partial charge in [-0.25, -0.2) is 0 Å². The van der Waals surface area contributed by atoms with Gasteiger partial charge in [-0.2, -0.15) is 0 Å². The van der Waals surface area contributed by atoms with Crippen LogP contribution in [0.5, 0.6) is 0 Å². The highest BCUT2D eigenvalue weighted by Crippen LogP contribution is 2.19. The SMILES string of the molecule is Cc1ccc(SCC(=O)N2CCN(Cc3ccccn3)CC2)cc1. The molecule has 0 atom stereocenters. The van der Waals surface area contributed by atoms with Crippen LogP contribution in [0.4, 0.5) is 0 Å². The monoisotopic (exact) mass is 341 g/mol. The molecular formula is C19H23N3OS. The van der Waals surface area contributed by atoms with Crippen LogP contribution < -0.4 is 0 Å². The number of benzene rings is 1. The van der Waals surface area contributed by atoms with E-state index in [9.17, 15) is 4.79 Å². The van der Waals surface area contributed by atoms with Crippen molar-refractivity contribution in [1.29, 1.82) is 0 Å². The van der Waals surface area contributed by atoms with Gasteiger partial charge in [-0.1, -0.05) is 23.8 Å². The van der Waals surface area contributed by atoms with Crippen LogP contribution in [0.15, 0.2) is 53.6 Å². The van der Waals surface area contributed by atoms with Gasteiger partial charge in [-0.15, -0.1) is 11.8 Å². The van der Waals surface area contributed by atoms with Crippen LogP contribution in [0.3, 0.4) is 0 Å². The second-order valence-corrected chi connectivity index (χ2v) is 7.13. The molecule has 2 aromatic rings. The smallest absolute Gasteiger partial charge is 0.233 e. The highest BCUT2D eigenvalue weighted by Gasteiger charge is 2.21. The summed E-state index contributed by atoms with van der Waals surface area (Å²) in [4.78, 5) is 22.2. The zero-order valence-corrected chi connectivity index (χ0v) is 14.8. The highest BCUT2D eigenvalue weighted by molar-refractivity contribution is 8.00. The van der Waals surface area contributed by atoms with Gasteiger partial charge in [0.15, 0.2) is 0 Å². The van der Waals surface area contributed by atoms with Crippen LogP contribution in [0.1, 0.15) is 11.3 Å². The van der Waals surface area contributed by atoms with Crippen molar-refractivity contribution in [3.8, 4) is 0 Å². The number of carbonyl (C=O) groups is 1. The molecule has 4 nitrogen and oxygen atoms in total. The summed E-state index contributed by atoms with van der Waals surface area (Å²) in [6, 6.07) is 14.3. The predicted molar refractivity (Wildman–Crippen MR) is 98.0 cm³/mol. The number of aromatic nitrogens is 1. The van der Waals surface area contributed by atoms with E-state index in [1.54, 1.807) is 11.8 Å². The average molecular weight is 341 g/mol. The zero-order chi connectivity index (χ0) is 16.8. The molecule has 0 saturated carbocycles. The number of pyridine rings is 1. The number of hydrogen-bond donors (Lipinski definition) is 0. The maximum absolute atomic E-state index is 12.4. The maximum atomic E-state index is 12.4. The Hall–Kier alpha value is -1.85. The van der Waals surface area contributed by atoms with E-state index in [-0.39, 0.29) is 5.91 Å². The van der Waals surface area contributed by atoms with Crippen LogP contribution in [0.25, 0.3) is 0 Å². The van der Waals surface area contributed by atoms with Crippen molar-refractivity contribution >= 4 is 17.7 Å². The summed E-state index contributed by atoms with van der Waals surface area (Å²) in [5.74, 6) is 0.751. The first kappa shape index (κ1) is 17.0. The molecule has 1 aromatic heterocycles. The maximum Gasteiger partial charge on any atom is 0.233 e. The van der Waals surface area contributed by atoms with E-state index < -0.39 is 0 Å². The van der Waals surface area contributed by atoms with E-state index in [1.165, 1.54) is 5.56 Å². The molecule has 126 valence electrons. The summed E-state index contributed by atoms with van der Waals surface area (Å²) in [7, 11) is 0. The van der Waals surface area contributed by atoms with Gasteiger partial charge in [0.05, 0.1) is 11.4 Å². The largest absolute Gasteiger partial charge is 0.339 e. The minimum Gasteiger partial charge on any atom is -0.339 e. The molecule has 0 radical (unpaired) electrons. The summed E-state index contributed by atoms with van der Waals surface area (Å²) >= 11 is 1.62. The highest BCUT2D eigenvalue weighted by atomic mass is 32.2. The van der Waals surface area contributed by atoms with Gasteiger partial charge in [0.1, 0.15) is 0 Å². The molecule has 0 N–H and O–H groups in total. The van der Waals surface area contributed by atoms with Gasteiger partial charge in [0.2, 0.25) is 5.91 Å². The molecular weight excluding hydrogens is 318 g/mol. The number of aryl methyl sites for hydroxylation is 1.